The predicted molar refractivity (Wildman–Crippen MR) is 169 cm³/mol. The first-order valence-electron chi connectivity index (χ1n) is 16.0. The summed E-state index contributed by atoms with van der Waals surface area (Å²) in [5.41, 5.74) is -1.09. The maximum atomic E-state index is 12.5. The quantitative estimate of drug-likeness (QED) is 0.0611. The number of carbonyl (C=O) groups excluding carboxylic acids is 3. The maximum Gasteiger partial charge on any atom is 0.312 e. The minimum absolute atomic E-state index is 0.109. The Labute approximate surface area is 257 Å². The van der Waals surface area contributed by atoms with Gasteiger partial charge in [-0.1, -0.05) is 51.4 Å². The number of carbonyl (C=O) groups is 3. The van der Waals surface area contributed by atoms with E-state index in [9.17, 15) is 14.4 Å². The third-order valence-electron chi connectivity index (χ3n) is 7.20. The average molecular weight is 590 g/mol. The maximum absolute atomic E-state index is 12.5. The van der Waals surface area contributed by atoms with Crippen molar-refractivity contribution in [2.75, 3.05) is 33.9 Å². The van der Waals surface area contributed by atoms with Crippen LogP contribution in [0.25, 0.3) is 0 Å². The number of esters is 3. The molecular weight excluding hydrogens is 530 g/mol. The summed E-state index contributed by atoms with van der Waals surface area (Å²) in [6.07, 6.45) is 11.3. The fraction of sp³-hybridized carbons (Fsp3) is 0.800. The first kappa shape index (κ1) is 39.5. The van der Waals surface area contributed by atoms with Gasteiger partial charge in [-0.15, -0.1) is 11.8 Å². The second kappa shape index (κ2) is 23.0. The van der Waals surface area contributed by atoms with Crippen molar-refractivity contribution in [3.63, 3.8) is 0 Å². The van der Waals surface area contributed by atoms with Gasteiger partial charge in [0.15, 0.2) is 13.2 Å². The van der Waals surface area contributed by atoms with Crippen LogP contribution < -0.4 is 0 Å². The van der Waals surface area contributed by atoms with Crippen LogP contribution in [-0.2, 0) is 28.6 Å². The van der Waals surface area contributed by atoms with Gasteiger partial charge in [-0.05, 0) is 93.3 Å². The Hall–Kier alpha value is -2.51. The second-order valence-corrected chi connectivity index (χ2v) is 12.6. The molecule has 0 aliphatic heterocycles. The standard InChI is InChI=1S/C35H59NO6/c1-9-11-19-28-40-32(38)34(3,4)25-17-13-15-22-30(42-31(37)24-21-27-36(7)8)23-16-14-18-26-35(5,6)33(39)41-29-20-12-10-2/h30H,9-10,13-18,21-29H2,1-8H3. The Bertz CT molecular complexity index is 840. The molecule has 0 radical (unpaired) electrons. The zero-order valence-corrected chi connectivity index (χ0v) is 28.0. The minimum Gasteiger partial charge on any atom is -0.462 e. The third kappa shape index (κ3) is 20.4. The Balaban J connectivity index is 4.67. The van der Waals surface area contributed by atoms with Crippen molar-refractivity contribution in [1.29, 1.82) is 0 Å². The summed E-state index contributed by atoms with van der Waals surface area (Å²) < 4.78 is 16.5. The predicted octanol–water partition coefficient (Wildman–Crippen LogP) is 7.11. The van der Waals surface area contributed by atoms with Crippen molar-refractivity contribution in [2.45, 2.75) is 138 Å². The third-order valence-corrected chi connectivity index (χ3v) is 7.20. The van der Waals surface area contributed by atoms with Crippen molar-refractivity contribution < 1.29 is 28.6 Å². The summed E-state index contributed by atoms with van der Waals surface area (Å²) in [6.45, 7) is 12.7. The fourth-order valence-corrected chi connectivity index (χ4v) is 4.43. The summed E-state index contributed by atoms with van der Waals surface area (Å²) in [5.74, 6) is 11.0. The molecule has 0 N–H and O–H groups in total. The van der Waals surface area contributed by atoms with E-state index in [-0.39, 0.29) is 37.2 Å². The zero-order valence-electron chi connectivity index (χ0n) is 28.0. The molecule has 0 aromatic carbocycles. The molecule has 42 heavy (non-hydrogen) atoms. The minimum atomic E-state index is -0.546. The van der Waals surface area contributed by atoms with E-state index in [1.54, 1.807) is 0 Å². The zero-order chi connectivity index (χ0) is 31.9. The molecule has 0 fully saturated rings. The number of hydrogen-bond acceptors (Lipinski definition) is 7. The largest absolute Gasteiger partial charge is 0.462 e. The van der Waals surface area contributed by atoms with Crippen LogP contribution in [0, 0.1) is 34.5 Å². The number of nitrogens with zero attached hydrogens (tertiary/aromatic N) is 1. The van der Waals surface area contributed by atoms with E-state index in [1.165, 1.54) is 0 Å². The van der Waals surface area contributed by atoms with Gasteiger partial charge >= 0.3 is 17.9 Å². The molecule has 0 aliphatic carbocycles. The monoisotopic (exact) mass is 589 g/mol. The normalized spacial score (nSPS) is 11.4. The molecule has 7 heteroatoms. The molecule has 0 atom stereocenters. The van der Waals surface area contributed by atoms with E-state index in [1.807, 2.05) is 55.6 Å². The summed E-state index contributed by atoms with van der Waals surface area (Å²) in [6, 6.07) is 0. The molecule has 0 heterocycles. The Morgan fingerprint density at radius 2 is 1.12 bits per heavy atom. The van der Waals surface area contributed by atoms with Gasteiger partial charge in [0.2, 0.25) is 0 Å². The van der Waals surface area contributed by atoms with Crippen molar-refractivity contribution >= 4 is 17.9 Å². The van der Waals surface area contributed by atoms with Crippen LogP contribution in [0.5, 0.6) is 0 Å². The highest BCUT2D eigenvalue weighted by molar-refractivity contribution is 5.76. The lowest BCUT2D eigenvalue weighted by molar-refractivity contribution is -0.153. The molecular formula is C35H59NO6. The Morgan fingerprint density at radius 3 is 1.52 bits per heavy atom. The summed E-state index contributed by atoms with van der Waals surface area (Å²) in [7, 11) is 3.99. The molecule has 0 aromatic rings. The highest BCUT2D eigenvalue weighted by Gasteiger charge is 2.29. The molecule has 0 unspecified atom stereocenters. The van der Waals surface area contributed by atoms with Crippen LogP contribution in [0.15, 0.2) is 0 Å². The van der Waals surface area contributed by atoms with Crippen LogP contribution in [0.2, 0.25) is 0 Å². The summed E-state index contributed by atoms with van der Waals surface area (Å²) >= 11 is 0. The van der Waals surface area contributed by atoms with E-state index in [4.69, 9.17) is 14.2 Å². The smallest absolute Gasteiger partial charge is 0.312 e. The highest BCUT2D eigenvalue weighted by Crippen LogP contribution is 2.28. The van der Waals surface area contributed by atoms with E-state index in [2.05, 4.69) is 28.6 Å². The van der Waals surface area contributed by atoms with Gasteiger partial charge in [0.05, 0.1) is 10.8 Å². The summed E-state index contributed by atoms with van der Waals surface area (Å²) in [5, 5.41) is 0. The summed E-state index contributed by atoms with van der Waals surface area (Å²) in [4.78, 5) is 39.4. The molecule has 240 valence electrons. The molecule has 0 saturated carbocycles. The Morgan fingerprint density at radius 1 is 0.667 bits per heavy atom. The lowest BCUT2D eigenvalue weighted by Crippen LogP contribution is -2.27. The number of hydrogen-bond donors (Lipinski definition) is 0. The number of unbranched alkanes of at least 4 members (excludes halogenated alkanes) is 4. The lowest BCUT2D eigenvalue weighted by atomic mass is 9.86. The molecule has 0 bridgehead atoms. The van der Waals surface area contributed by atoms with Crippen molar-refractivity contribution in [3.8, 4) is 23.7 Å². The lowest BCUT2D eigenvalue weighted by Gasteiger charge is -2.23. The molecule has 0 rings (SSSR count). The van der Waals surface area contributed by atoms with Gasteiger partial charge in [0.25, 0.3) is 0 Å². The van der Waals surface area contributed by atoms with Gasteiger partial charge in [-0.3, -0.25) is 14.4 Å². The SMILES string of the molecule is CCC#CCOC(=O)C(C)(C)CCCCCC(CCCCCC(C)(C)C(=O)OCC#CCC)OC(=O)CCCN(C)C. The van der Waals surface area contributed by atoms with Gasteiger partial charge in [0.1, 0.15) is 6.10 Å². The van der Waals surface area contributed by atoms with Crippen LogP contribution in [0.1, 0.15) is 131 Å². The second-order valence-electron chi connectivity index (χ2n) is 12.6. The van der Waals surface area contributed by atoms with Crippen LogP contribution in [-0.4, -0.2) is 62.8 Å². The highest BCUT2D eigenvalue weighted by atomic mass is 16.5. The van der Waals surface area contributed by atoms with Gasteiger partial charge < -0.3 is 19.1 Å². The van der Waals surface area contributed by atoms with E-state index in [0.29, 0.717) is 6.42 Å². The van der Waals surface area contributed by atoms with E-state index in [0.717, 1.165) is 90.0 Å². The topological polar surface area (TPSA) is 82.1 Å². The van der Waals surface area contributed by atoms with Gasteiger partial charge in [0, 0.05) is 19.3 Å². The molecule has 7 nitrogen and oxygen atoms in total. The molecule has 0 spiro atoms. The van der Waals surface area contributed by atoms with Gasteiger partial charge in [-0.2, -0.15) is 0 Å². The molecule has 0 saturated heterocycles. The average Bonchev–Trinajstić information content (AvgIpc) is 2.92. The van der Waals surface area contributed by atoms with Crippen molar-refractivity contribution in [3.05, 3.63) is 0 Å². The first-order valence-corrected chi connectivity index (χ1v) is 16.0. The fourth-order valence-electron chi connectivity index (χ4n) is 4.43. The van der Waals surface area contributed by atoms with E-state index >= 15 is 0 Å². The molecule has 0 amide bonds. The molecule has 0 aromatic heterocycles. The van der Waals surface area contributed by atoms with Crippen LogP contribution in [0.4, 0.5) is 0 Å². The Kier molecular flexibility index (Phi) is 21.6. The van der Waals surface area contributed by atoms with Gasteiger partial charge in [-0.25, -0.2) is 0 Å². The van der Waals surface area contributed by atoms with Crippen molar-refractivity contribution in [2.24, 2.45) is 10.8 Å². The van der Waals surface area contributed by atoms with E-state index < -0.39 is 10.8 Å². The van der Waals surface area contributed by atoms with Crippen LogP contribution in [0.3, 0.4) is 0 Å². The number of rotatable bonds is 21. The van der Waals surface area contributed by atoms with Crippen LogP contribution >= 0.6 is 0 Å². The molecule has 0 aliphatic rings. The number of ether oxygens (including phenoxy) is 3. The van der Waals surface area contributed by atoms with Crippen molar-refractivity contribution in [1.82, 2.24) is 4.90 Å². The first-order chi connectivity index (χ1) is 19.9.